The second-order valence-corrected chi connectivity index (χ2v) is 6.54. The van der Waals surface area contributed by atoms with E-state index in [1.54, 1.807) is 0 Å². The smallest absolute Gasteiger partial charge is 0.326 e. The zero-order valence-corrected chi connectivity index (χ0v) is 11.2. The van der Waals surface area contributed by atoms with Crippen LogP contribution in [0.2, 0.25) is 0 Å². The average Bonchev–Trinajstić information content (AvgIpc) is 2.84. The van der Waals surface area contributed by atoms with Crippen LogP contribution < -0.4 is 10.6 Å². The molecule has 2 bridgehead atoms. The molecule has 0 aliphatic carbocycles. The predicted octanol–water partition coefficient (Wildman–Crippen LogP) is 0.742. The minimum Gasteiger partial charge on any atom is -0.480 e. The Balaban J connectivity index is 2.00. The molecule has 2 heterocycles. The summed E-state index contributed by atoms with van der Waals surface area (Å²) in [6.45, 7) is 5.47. The first-order chi connectivity index (χ1) is 8.29. The van der Waals surface area contributed by atoms with Crippen molar-refractivity contribution < 1.29 is 14.7 Å². The lowest BCUT2D eigenvalue weighted by Gasteiger charge is -2.30. The van der Waals surface area contributed by atoms with Crippen LogP contribution in [0.15, 0.2) is 0 Å². The molecular formula is C13H22N2O3. The molecule has 5 heteroatoms. The second kappa shape index (κ2) is 4.53. The summed E-state index contributed by atoms with van der Waals surface area (Å²) in [7, 11) is 0. The number of aliphatic carboxylic acids is 1. The van der Waals surface area contributed by atoms with Gasteiger partial charge in [0.25, 0.3) is 0 Å². The molecule has 0 radical (unpaired) electrons. The summed E-state index contributed by atoms with van der Waals surface area (Å²) in [5.41, 5.74) is -0.480. The highest BCUT2D eigenvalue weighted by Gasteiger charge is 2.44. The summed E-state index contributed by atoms with van der Waals surface area (Å²) in [4.78, 5) is 23.4. The Morgan fingerprint density at radius 2 is 2.00 bits per heavy atom. The number of carbonyl (C=O) groups excluding carboxylic acids is 1. The van der Waals surface area contributed by atoms with Crippen LogP contribution in [0.4, 0.5) is 0 Å². The Morgan fingerprint density at radius 3 is 2.39 bits per heavy atom. The first kappa shape index (κ1) is 13.3. The fraction of sp³-hybridized carbons (Fsp3) is 0.846. The van der Waals surface area contributed by atoms with Crippen molar-refractivity contribution >= 4 is 11.9 Å². The molecule has 102 valence electrons. The molecular weight excluding hydrogens is 232 g/mol. The molecule has 5 nitrogen and oxygen atoms in total. The zero-order chi connectivity index (χ0) is 13.5. The summed E-state index contributed by atoms with van der Waals surface area (Å²) in [5.74, 6) is -1.14. The van der Waals surface area contributed by atoms with Crippen LogP contribution in [-0.4, -0.2) is 35.1 Å². The van der Waals surface area contributed by atoms with E-state index in [0.29, 0.717) is 6.04 Å². The van der Waals surface area contributed by atoms with E-state index in [-0.39, 0.29) is 17.9 Å². The number of rotatable bonds is 3. The van der Waals surface area contributed by atoms with E-state index in [9.17, 15) is 14.7 Å². The van der Waals surface area contributed by atoms with Gasteiger partial charge < -0.3 is 15.7 Å². The molecule has 0 spiro atoms. The highest BCUT2D eigenvalue weighted by molar-refractivity contribution is 5.86. The van der Waals surface area contributed by atoms with Crippen LogP contribution in [-0.2, 0) is 9.59 Å². The highest BCUT2D eigenvalue weighted by Crippen LogP contribution is 2.33. The number of carboxylic acids is 1. The average molecular weight is 254 g/mol. The molecule has 1 amide bonds. The van der Waals surface area contributed by atoms with Gasteiger partial charge in [0.2, 0.25) is 5.91 Å². The van der Waals surface area contributed by atoms with Crippen LogP contribution in [0.3, 0.4) is 0 Å². The third kappa shape index (κ3) is 2.51. The number of hydrogen-bond donors (Lipinski definition) is 3. The van der Waals surface area contributed by atoms with Gasteiger partial charge in [-0.3, -0.25) is 4.79 Å². The van der Waals surface area contributed by atoms with Gasteiger partial charge in [-0.25, -0.2) is 4.79 Å². The van der Waals surface area contributed by atoms with Gasteiger partial charge >= 0.3 is 5.97 Å². The van der Waals surface area contributed by atoms with Crippen molar-refractivity contribution in [3.05, 3.63) is 0 Å². The molecule has 2 aliphatic rings. The Labute approximate surface area is 107 Å². The van der Waals surface area contributed by atoms with Crippen LogP contribution in [0.25, 0.3) is 0 Å². The van der Waals surface area contributed by atoms with E-state index in [1.807, 2.05) is 20.8 Å². The van der Waals surface area contributed by atoms with Crippen LogP contribution in [0, 0.1) is 11.3 Å². The Bertz CT molecular complexity index is 362. The van der Waals surface area contributed by atoms with Crippen LogP contribution >= 0.6 is 0 Å². The first-order valence-electron chi connectivity index (χ1n) is 6.58. The van der Waals surface area contributed by atoms with Crippen molar-refractivity contribution in [3.63, 3.8) is 0 Å². The van der Waals surface area contributed by atoms with Crippen molar-refractivity contribution in [2.75, 3.05) is 0 Å². The maximum Gasteiger partial charge on any atom is 0.326 e. The second-order valence-electron chi connectivity index (χ2n) is 6.54. The molecule has 4 unspecified atom stereocenters. The van der Waals surface area contributed by atoms with Gasteiger partial charge in [0.05, 0.1) is 5.92 Å². The normalized spacial score (nSPS) is 32.3. The monoisotopic (exact) mass is 254 g/mol. The summed E-state index contributed by atoms with van der Waals surface area (Å²) in [6.07, 6.45) is 3.00. The minimum absolute atomic E-state index is 0.0621. The summed E-state index contributed by atoms with van der Waals surface area (Å²) in [6, 6.07) is -0.141. The topological polar surface area (TPSA) is 78.4 Å². The van der Waals surface area contributed by atoms with E-state index >= 15 is 0 Å². The van der Waals surface area contributed by atoms with Crippen LogP contribution in [0.1, 0.15) is 40.0 Å². The van der Waals surface area contributed by atoms with E-state index in [2.05, 4.69) is 10.6 Å². The molecule has 0 aromatic rings. The van der Waals surface area contributed by atoms with Gasteiger partial charge in [-0.15, -0.1) is 0 Å². The van der Waals surface area contributed by atoms with Gasteiger partial charge in [0, 0.05) is 12.1 Å². The largest absolute Gasteiger partial charge is 0.480 e. The lowest BCUT2D eigenvalue weighted by molar-refractivity contribution is -0.145. The lowest BCUT2D eigenvalue weighted by Crippen LogP contribution is -2.52. The van der Waals surface area contributed by atoms with Crippen molar-refractivity contribution in [1.29, 1.82) is 0 Å². The Kier molecular flexibility index (Phi) is 3.36. The van der Waals surface area contributed by atoms with Gasteiger partial charge in [0.15, 0.2) is 0 Å². The van der Waals surface area contributed by atoms with Crippen LogP contribution in [0.5, 0.6) is 0 Å². The Morgan fingerprint density at radius 1 is 1.33 bits per heavy atom. The van der Waals surface area contributed by atoms with Gasteiger partial charge in [-0.1, -0.05) is 20.8 Å². The molecule has 2 fully saturated rings. The standard InChI is InChI=1S/C13H22N2O3/c1-13(2,3)10(12(17)18)15-11(16)8-6-7-4-5-9(8)14-7/h7-10,14H,4-6H2,1-3H3,(H,15,16)(H,17,18). The van der Waals surface area contributed by atoms with E-state index in [4.69, 9.17) is 0 Å². The number of carboxylic acid groups (broad SMARTS) is 1. The molecule has 0 saturated carbocycles. The highest BCUT2D eigenvalue weighted by atomic mass is 16.4. The third-order valence-corrected chi connectivity index (χ3v) is 4.04. The Hall–Kier alpha value is -1.10. The number of hydrogen-bond acceptors (Lipinski definition) is 3. The third-order valence-electron chi connectivity index (χ3n) is 4.04. The first-order valence-corrected chi connectivity index (χ1v) is 6.58. The molecule has 2 saturated heterocycles. The molecule has 4 atom stereocenters. The summed E-state index contributed by atoms with van der Waals surface area (Å²) < 4.78 is 0. The van der Waals surface area contributed by atoms with Gasteiger partial charge in [0.1, 0.15) is 6.04 Å². The number of amides is 1. The van der Waals surface area contributed by atoms with Gasteiger partial charge in [-0.2, -0.15) is 0 Å². The van der Waals surface area contributed by atoms with Crippen molar-refractivity contribution in [1.82, 2.24) is 10.6 Å². The summed E-state index contributed by atoms with van der Waals surface area (Å²) in [5, 5.41) is 15.3. The van der Waals surface area contributed by atoms with E-state index in [0.717, 1.165) is 19.3 Å². The van der Waals surface area contributed by atoms with Crippen molar-refractivity contribution in [2.24, 2.45) is 11.3 Å². The van der Waals surface area contributed by atoms with Gasteiger partial charge in [-0.05, 0) is 24.7 Å². The quantitative estimate of drug-likeness (QED) is 0.694. The number of carbonyl (C=O) groups is 2. The van der Waals surface area contributed by atoms with E-state index < -0.39 is 17.4 Å². The molecule has 18 heavy (non-hydrogen) atoms. The minimum atomic E-state index is -0.966. The molecule has 0 aromatic carbocycles. The van der Waals surface area contributed by atoms with Crippen molar-refractivity contribution in [3.8, 4) is 0 Å². The molecule has 3 N–H and O–H groups in total. The van der Waals surface area contributed by atoms with E-state index in [1.165, 1.54) is 0 Å². The predicted molar refractivity (Wildman–Crippen MR) is 67.1 cm³/mol. The number of fused-ring (bicyclic) bond motifs is 2. The lowest BCUT2D eigenvalue weighted by atomic mass is 9.84. The molecule has 2 aliphatic heterocycles. The van der Waals surface area contributed by atoms with Crippen molar-refractivity contribution in [2.45, 2.75) is 58.2 Å². The summed E-state index contributed by atoms with van der Waals surface area (Å²) >= 11 is 0. The SMILES string of the molecule is CC(C)(C)C(NC(=O)C1CC2CCC1N2)C(=O)O. The maximum absolute atomic E-state index is 12.2. The fourth-order valence-electron chi connectivity index (χ4n) is 3.01. The fourth-order valence-corrected chi connectivity index (χ4v) is 3.01. The maximum atomic E-state index is 12.2. The molecule has 2 rings (SSSR count). The molecule has 0 aromatic heterocycles. The zero-order valence-electron chi connectivity index (χ0n) is 11.2. The number of nitrogens with one attached hydrogen (secondary N) is 2.